The molecule has 0 bridgehead atoms. The molecular weight excluding hydrogens is 336 g/mol. The summed E-state index contributed by atoms with van der Waals surface area (Å²) in [4.78, 5) is 12.1. The summed E-state index contributed by atoms with van der Waals surface area (Å²) in [6.07, 6.45) is 1.41. The maximum Gasteiger partial charge on any atom is 0.302 e. The van der Waals surface area contributed by atoms with Crippen LogP contribution in [0.3, 0.4) is 0 Å². The zero-order valence-electron chi connectivity index (χ0n) is 13.8. The summed E-state index contributed by atoms with van der Waals surface area (Å²) in [6, 6.07) is 4.54. The number of nitrogens with one attached hydrogen (secondary N) is 1. The van der Waals surface area contributed by atoms with Gasteiger partial charge in [0, 0.05) is 22.3 Å². The third kappa shape index (κ3) is 3.59. The third-order valence-electron chi connectivity index (χ3n) is 3.63. The normalized spacial score (nSPS) is 21.0. The van der Waals surface area contributed by atoms with Gasteiger partial charge in [0.05, 0.1) is 6.04 Å². The molecule has 0 saturated heterocycles. The monoisotopic (exact) mass is 356 g/mol. The fraction of sp³-hybridized carbons (Fsp3) is 0.438. The smallest absolute Gasteiger partial charge is 0.295 e. The molecule has 1 aromatic carbocycles. The van der Waals surface area contributed by atoms with E-state index in [1.165, 1.54) is 17.4 Å². The number of ketones is 1. The highest BCUT2D eigenvalue weighted by atomic mass is 35.5. The Morgan fingerprint density at radius 1 is 1.30 bits per heavy atom. The average Bonchev–Trinajstić information content (AvgIpc) is 2.35. The van der Waals surface area contributed by atoms with Crippen molar-refractivity contribution < 1.29 is 13.2 Å². The van der Waals surface area contributed by atoms with Crippen LogP contribution in [0.25, 0.3) is 0 Å². The van der Waals surface area contributed by atoms with Gasteiger partial charge in [-0.15, -0.1) is 0 Å². The van der Waals surface area contributed by atoms with E-state index in [0.717, 1.165) is 5.56 Å². The number of aryl methyl sites for hydroxylation is 1. The minimum atomic E-state index is -3.78. The first-order valence-corrected chi connectivity index (χ1v) is 9.06. The van der Waals surface area contributed by atoms with Gasteiger partial charge in [0.15, 0.2) is 5.78 Å². The van der Waals surface area contributed by atoms with E-state index in [4.69, 9.17) is 11.6 Å². The van der Waals surface area contributed by atoms with Crippen LogP contribution in [0.1, 0.15) is 44.9 Å². The van der Waals surface area contributed by atoms with Gasteiger partial charge < -0.3 is 0 Å². The van der Waals surface area contributed by atoms with E-state index >= 15 is 0 Å². The molecule has 23 heavy (non-hydrogen) atoms. The predicted octanol–water partition coefficient (Wildman–Crippen LogP) is 3.11. The highest BCUT2D eigenvalue weighted by Gasteiger charge is 2.39. The van der Waals surface area contributed by atoms with Gasteiger partial charge in [0.2, 0.25) is 0 Å². The minimum Gasteiger partial charge on any atom is -0.295 e. The average molecular weight is 357 g/mol. The molecule has 0 aromatic heterocycles. The topological polar surface area (TPSA) is 66.5 Å². The minimum absolute atomic E-state index is 0.205. The van der Waals surface area contributed by atoms with E-state index in [0.29, 0.717) is 16.2 Å². The van der Waals surface area contributed by atoms with E-state index < -0.39 is 21.8 Å². The maximum absolute atomic E-state index is 12.6. The van der Waals surface area contributed by atoms with Crippen molar-refractivity contribution in [3.8, 4) is 0 Å². The number of hydrogen-bond donors (Lipinski definition) is 1. The van der Waals surface area contributed by atoms with Gasteiger partial charge >= 0.3 is 10.2 Å². The van der Waals surface area contributed by atoms with Crippen molar-refractivity contribution in [2.75, 3.05) is 0 Å². The van der Waals surface area contributed by atoms with Crippen molar-refractivity contribution >= 4 is 27.6 Å². The zero-order valence-corrected chi connectivity index (χ0v) is 15.4. The number of nitrogens with zero attached hydrogens (tertiary/aromatic N) is 1. The highest BCUT2D eigenvalue weighted by molar-refractivity contribution is 7.87. The summed E-state index contributed by atoms with van der Waals surface area (Å²) in [5.74, 6) is -0.205. The van der Waals surface area contributed by atoms with Crippen molar-refractivity contribution in [3.05, 3.63) is 46.1 Å². The largest absolute Gasteiger partial charge is 0.302 e. The molecule has 0 fully saturated rings. The SMILES string of the molecule is CC(=O)C1=CN(C(C)(C)C)S(=O)(=O)NC1c1ccc(C)cc1Cl. The molecule has 0 amide bonds. The number of halogens is 1. The molecule has 0 saturated carbocycles. The van der Waals surface area contributed by atoms with Crippen LogP contribution in [-0.4, -0.2) is 24.0 Å². The fourth-order valence-corrected chi connectivity index (χ4v) is 4.47. The molecule has 5 nitrogen and oxygen atoms in total. The molecule has 1 N–H and O–H groups in total. The molecule has 1 aliphatic rings. The molecule has 126 valence electrons. The Hall–Kier alpha value is -1.37. The van der Waals surface area contributed by atoms with Gasteiger partial charge in [0.1, 0.15) is 0 Å². The van der Waals surface area contributed by atoms with Crippen molar-refractivity contribution in [1.82, 2.24) is 9.03 Å². The third-order valence-corrected chi connectivity index (χ3v) is 5.66. The van der Waals surface area contributed by atoms with Gasteiger partial charge in [-0.05, 0) is 51.8 Å². The molecule has 2 rings (SSSR count). The van der Waals surface area contributed by atoms with Crippen LogP contribution in [-0.2, 0) is 15.0 Å². The first-order valence-electron chi connectivity index (χ1n) is 7.24. The Morgan fingerprint density at radius 2 is 1.91 bits per heavy atom. The fourth-order valence-electron chi connectivity index (χ4n) is 2.49. The Bertz CT molecular complexity index is 779. The number of carbonyl (C=O) groups is 1. The van der Waals surface area contributed by atoms with Gasteiger partial charge in [-0.3, -0.25) is 9.10 Å². The number of carbonyl (C=O) groups excluding carboxylic acids is 1. The Labute approximate surface area is 142 Å². The number of rotatable bonds is 2. The lowest BCUT2D eigenvalue weighted by atomic mass is 9.96. The van der Waals surface area contributed by atoms with E-state index in [-0.39, 0.29) is 5.78 Å². The number of Topliss-reactive ketones (excluding diaryl/α,β-unsaturated/α-hetero) is 1. The highest BCUT2D eigenvalue weighted by Crippen LogP contribution is 2.35. The van der Waals surface area contributed by atoms with Crippen molar-refractivity contribution in [1.29, 1.82) is 0 Å². The van der Waals surface area contributed by atoms with Crippen LogP contribution < -0.4 is 4.72 Å². The molecule has 0 radical (unpaired) electrons. The van der Waals surface area contributed by atoms with E-state index in [9.17, 15) is 13.2 Å². The lowest BCUT2D eigenvalue weighted by Gasteiger charge is -2.39. The van der Waals surface area contributed by atoms with Crippen molar-refractivity contribution in [2.24, 2.45) is 0 Å². The summed E-state index contributed by atoms with van der Waals surface area (Å²) in [6.45, 7) is 8.60. The van der Waals surface area contributed by atoms with E-state index in [1.54, 1.807) is 32.9 Å². The van der Waals surface area contributed by atoms with Crippen LogP contribution in [0, 0.1) is 6.92 Å². The molecule has 7 heteroatoms. The molecule has 0 aliphatic carbocycles. The van der Waals surface area contributed by atoms with E-state index in [2.05, 4.69) is 4.72 Å². The Kier molecular flexibility index (Phi) is 4.63. The molecule has 1 heterocycles. The van der Waals surface area contributed by atoms with Crippen LogP contribution in [0.5, 0.6) is 0 Å². The van der Waals surface area contributed by atoms with Gasteiger partial charge in [-0.1, -0.05) is 23.7 Å². The predicted molar refractivity (Wildman–Crippen MR) is 91.3 cm³/mol. The first-order chi connectivity index (χ1) is 10.4. The molecule has 1 atom stereocenters. The van der Waals surface area contributed by atoms with Gasteiger partial charge in [0.25, 0.3) is 0 Å². The molecule has 1 unspecified atom stereocenters. The lowest BCUT2D eigenvalue weighted by Crippen LogP contribution is -2.52. The Morgan fingerprint density at radius 3 is 2.39 bits per heavy atom. The van der Waals surface area contributed by atoms with E-state index in [1.807, 2.05) is 13.0 Å². The quantitative estimate of drug-likeness (QED) is 0.885. The lowest BCUT2D eigenvalue weighted by molar-refractivity contribution is -0.114. The summed E-state index contributed by atoms with van der Waals surface area (Å²) >= 11 is 6.27. The summed E-state index contributed by atoms with van der Waals surface area (Å²) in [5, 5.41) is 0.425. The summed E-state index contributed by atoms with van der Waals surface area (Å²) in [7, 11) is -3.78. The standard InChI is InChI=1S/C16H21ClN2O3S/c1-10-6-7-12(14(17)8-10)15-13(11(2)20)9-19(16(3,4)5)23(21,22)18-15/h6-9,15,18H,1-5H3. The first kappa shape index (κ1) is 18.0. The zero-order chi connectivity index (χ0) is 17.6. The second-order valence-electron chi connectivity index (χ2n) is 6.69. The van der Waals surface area contributed by atoms with Crippen LogP contribution >= 0.6 is 11.6 Å². The molecule has 1 aromatic rings. The van der Waals surface area contributed by atoms with Crippen LogP contribution in [0.4, 0.5) is 0 Å². The van der Waals surface area contributed by atoms with Crippen molar-refractivity contribution in [3.63, 3.8) is 0 Å². The van der Waals surface area contributed by atoms with Gasteiger partial charge in [-0.25, -0.2) is 0 Å². The number of hydrogen-bond acceptors (Lipinski definition) is 3. The number of benzene rings is 1. The summed E-state index contributed by atoms with van der Waals surface area (Å²) < 4.78 is 28.9. The maximum atomic E-state index is 12.6. The van der Waals surface area contributed by atoms with Crippen LogP contribution in [0.15, 0.2) is 30.0 Å². The van der Waals surface area contributed by atoms with Gasteiger partial charge in [-0.2, -0.15) is 13.1 Å². The molecular formula is C16H21ClN2O3S. The second-order valence-corrected chi connectivity index (χ2v) is 8.67. The molecule has 0 spiro atoms. The summed E-state index contributed by atoms with van der Waals surface area (Å²) in [5.41, 5.74) is 1.20. The van der Waals surface area contributed by atoms with Crippen LogP contribution in [0.2, 0.25) is 5.02 Å². The second kappa shape index (κ2) is 5.92. The van der Waals surface area contributed by atoms with Crippen molar-refractivity contribution in [2.45, 2.75) is 46.2 Å². The molecule has 1 aliphatic heterocycles. The Balaban J connectivity index is 2.63.